The van der Waals surface area contributed by atoms with Crippen molar-refractivity contribution in [3.8, 4) is 0 Å². The van der Waals surface area contributed by atoms with Crippen molar-refractivity contribution >= 4 is 5.97 Å². The van der Waals surface area contributed by atoms with Crippen molar-refractivity contribution in [2.24, 2.45) is 5.73 Å². The average molecular weight is 225 g/mol. The number of carbonyl (C=O) groups is 1. The van der Waals surface area contributed by atoms with Crippen molar-refractivity contribution in [1.29, 1.82) is 0 Å². The Hall–Kier alpha value is -1.42. The summed E-state index contributed by atoms with van der Waals surface area (Å²) in [5.74, 6) is -0.953. The molecule has 0 fully saturated rings. The number of hydrogen-bond donors (Lipinski definition) is 2. The van der Waals surface area contributed by atoms with Crippen LogP contribution in [0.25, 0.3) is 0 Å². The molecular weight excluding hydrogens is 209 g/mol. The molecule has 1 rings (SSSR count). The third-order valence-electron chi connectivity index (χ3n) is 2.56. The summed E-state index contributed by atoms with van der Waals surface area (Å²) in [6.45, 7) is 3.28. The van der Waals surface area contributed by atoms with Gasteiger partial charge in [-0.1, -0.05) is 18.2 Å². The van der Waals surface area contributed by atoms with Crippen LogP contribution in [0.2, 0.25) is 0 Å². The lowest BCUT2D eigenvalue weighted by atomic mass is 9.96. The van der Waals surface area contributed by atoms with Crippen LogP contribution >= 0.6 is 0 Å². The highest BCUT2D eigenvalue weighted by Gasteiger charge is 2.14. The molecule has 0 heterocycles. The van der Waals surface area contributed by atoms with Crippen molar-refractivity contribution in [3.05, 3.63) is 34.9 Å². The van der Waals surface area contributed by atoms with Crippen LogP contribution in [-0.4, -0.2) is 11.1 Å². The van der Waals surface area contributed by atoms with E-state index in [1.807, 2.05) is 6.92 Å². The van der Waals surface area contributed by atoms with Gasteiger partial charge in [-0.25, -0.2) is 4.39 Å². The Bertz CT molecular complexity index is 391. The largest absolute Gasteiger partial charge is 0.481 e. The predicted octanol–water partition coefficient (Wildman–Crippen LogP) is 2.50. The highest BCUT2D eigenvalue weighted by atomic mass is 19.1. The number of aliphatic carboxylic acids is 1. The van der Waals surface area contributed by atoms with E-state index >= 15 is 0 Å². The van der Waals surface area contributed by atoms with Crippen molar-refractivity contribution in [3.63, 3.8) is 0 Å². The molecule has 16 heavy (non-hydrogen) atoms. The first kappa shape index (κ1) is 12.6. The fourth-order valence-electron chi connectivity index (χ4n) is 1.60. The number of rotatable bonds is 4. The van der Waals surface area contributed by atoms with Gasteiger partial charge < -0.3 is 10.8 Å². The fraction of sp³-hybridized carbons (Fsp3) is 0.417. The van der Waals surface area contributed by atoms with E-state index in [4.69, 9.17) is 10.8 Å². The maximum atomic E-state index is 13.1. The van der Waals surface area contributed by atoms with Gasteiger partial charge in [-0.05, 0) is 30.5 Å². The molecule has 0 saturated carbocycles. The normalized spacial score (nSPS) is 14.5. The Kier molecular flexibility index (Phi) is 4.01. The number of nitrogens with two attached hydrogens (primary N) is 1. The van der Waals surface area contributed by atoms with E-state index in [0.29, 0.717) is 11.1 Å². The van der Waals surface area contributed by atoms with Crippen LogP contribution in [0.3, 0.4) is 0 Å². The smallest absolute Gasteiger partial charge is 0.305 e. The molecule has 4 heteroatoms. The maximum Gasteiger partial charge on any atom is 0.305 e. The zero-order chi connectivity index (χ0) is 12.3. The molecule has 0 saturated heterocycles. The molecule has 0 aliphatic rings. The number of aryl methyl sites for hydroxylation is 1. The van der Waals surface area contributed by atoms with E-state index in [0.717, 1.165) is 5.56 Å². The molecule has 0 aliphatic heterocycles. The van der Waals surface area contributed by atoms with Crippen LogP contribution < -0.4 is 5.73 Å². The molecule has 0 bridgehead atoms. The summed E-state index contributed by atoms with van der Waals surface area (Å²) in [5.41, 5.74) is 7.88. The molecule has 0 aliphatic carbocycles. The first-order valence-corrected chi connectivity index (χ1v) is 5.13. The van der Waals surface area contributed by atoms with E-state index in [-0.39, 0.29) is 6.42 Å². The highest BCUT2D eigenvalue weighted by molar-refractivity contribution is 5.68. The molecule has 0 spiro atoms. The minimum atomic E-state index is -1.07. The lowest BCUT2D eigenvalue weighted by Gasteiger charge is -2.14. The van der Waals surface area contributed by atoms with Crippen molar-refractivity contribution in [2.45, 2.75) is 32.5 Å². The van der Waals surface area contributed by atoms with Gasteiger partial charge in [0.15, 0.2) is 0 Å². The van der Waals surface area contributed by atoms with Gasteiger partial charge in [-0.2, -0.15) is 0 Å². The molecular formula is C12H16FNO2. The molecule has 1 aromatic rings. The SMILES string of the molecule is Cc1ccc(C(C)F)cc1C(N)CC(=O)O. The summed E-state index contributed by atoms with van der Waals surface area (Å²) in [6, 6.07) is 4.52. The summed E-state index contributed by atoms with van der Waals surface area (Å²) >= 11 is 0. The second-order valence-electron chi connectivity index (χ2n) is 3.94. The van der Waals surface area contributed by atoms with E-state index in [9.17, 15) is 9.18 Å². The molecule has 0 amide bonds. The number of benzene rings is 1. The molecule has 0 radical (unpaired) electrons. The lowest BCUT2D eigenvalue weighted by molar-refractivity contribution is -0.137. The maximum absolute atomic E-state index is 13.1. The molecule has 3 nitrogen and oxygen atoms in total. The topological polar surface area (TPSA) is 63.3 Å². The molecule has 2 unspecified atom stereocenters. The Morgan fingerprint density at radius 1 is 1.56 bits per heavy atom. The van der Waals surface area contributed by atoms with Gasteiger partial charge in [0.2, 0.25) is 0 Å². The van der Waals surface area contributed by atoms with Gasteiger partial charge in [0, 0.05) is 6.04 Å². The van der Waals surface area contributed by atoms with Crippen LogP contribution in [-0.2, 0) is 4.79 Å². The van der Waals surface area contributed by atoms with Crippen LogP contribution in [0, 0.1) is 6.92 Å². The second-order valence-corrected chi connectivity index (χ2v) is 3.94. The quantitative estimate of drug-likeness (QED) is 0.827. The van der Waals surface area contributed by atoms with Crippen LogP contribution in [0.5, 0.6) is 0 Å². The molecule has 88 valence electrons. The summed E-state index contributed by atoms with van der Waals surface area (Å²) < 4.78 is 13.1. The van der Waals surface area contributed by atoms with Crippen molar-refractivity contribution < 1.29 is 14.3 Å². The summed E-state index contributed by atoms with van der Waals surface area (Å²) in [6.07, 6.45) is -1.22. The number of alkyl halides is 1. The third kappa shape index (κ3) is 3.03. The third-order valence-corrected chi connectivity index (χ3v) is 2.56. The van der Waals surface area contributed by atoms with E-state index in [1.165, 1.54) is 6.92 Å². The number of carboxylic acid groups (broad SMARTS) is 1. The summed E-state index contributed by atoms with van der Waals surface area (Å²) in [4.78, 5) is 10.6. The van der Waals surface area contributed by atoms with Gasteiger partial charge in [0.1, 0.15) is 6.17 Å². The fourth-order valence-corrected chi connectivity index (χ4v) is 1.60. The first-order valence-electron chi connectivity index (χ1n) is 5.13. The summed E-state index contributed by atoms with van der Waals surface area (Å²) in [7, 11) is 0. The average Bonchev–Trinajstić information content (AvgIpc) is 2.16. The minimum Gasteiger partial charge on any atom is -0.481 e. The second kappa shape index (κ2) is 5.07. The minimum absolute atomic E-state index is 0.148. The Balaban J connectivity index is 3.01. The standard InChI is InChI=1S/C12H16FNO2/c1-7-3-4-9(8(2)13)5-10(7)11(14)6-12(15)16/h3-5,8,11H,6,14H2,1-2H3,(H,15,16). The summed E-state index contributed by atoms with van der Waals surface area (Å²) in [5, 5.41) is 8.66. The monoisotopic (exact) mass is 225 g/mol. The van der Waals surface area contributed by atoms with Gasteiger partial charge >= 0.3 is 5.97 Å². The predicted molar refractivity (Wildman–Crippen MR) is 59.9 cm³/mol. The van der Waals surface area contributed by atoms with Gasteiger partial charge in [-0.15, -0.1) is 0 Å². The number of hydrogen-bond acceptors (Lipinski definition) is 2. The molecule has 3 N–H and O–H groups in total. The Labute approximate surface area is 94.1 Å². The molecule has 2 atom stereocenters. The van der Waals surface area contributed by atoms with Crippen molar-refractivity contribution in [2.75, 3.05) is 0 Å². The van der Waals surface area contributed by atoms with Crippen LogP contribution in [0.4, 0.5) is 4.39 Å². The lowest BCUT2D eigenvalue weighted by Crippen LogP contribution is -2.16. The zero-order valence-corrected chi connectivity index (χ0v) is 9.40. The van der Waals surface area contributed by atoms with Crippen molar-refractivity contribution in [1.82, 2.24) is 0 Å². The van der Waals surface area contributed by atoms with E-state index in [2.05, 4.69) is 0 Å². The number of carboxylic acids is 1. The Morgan fingerprint density at radius 2 is 2.19 bits per heavy atom. The van der Waals surface area contributed by atoms with Crippen LogP contribution in [0.1, 0.15) is 42.2 Å². The molecule has 1 aromatic carbocycles. The van der Waals surface area contributed by atoms with Gasteiger partial charge in [-0.3, -0.25) is 4.79 Å². The highest BCUT2D eigenvalue weighted by Crippen LogP contribution is 2.24. The first-order chi connectivity index (χ1) is 7.41. The Morgan fingerprint density at radius 3 is 2.69 bits per heavy atom. The van der Waals surface area contributed by atoms with Gasteiger partial charge in [0.25, 0.3) is 0 Å². The van der Waals surface area contributed by atoms with E-state index in [1.54, 1.807) is 18.2 Å². The zero-order valence-electron chi connectivity index (χ0n) is 9.40. The van der Waals surface area contributed by atoms with E-state index < -0.39 is 18.2 Å². The van der Waals surface area contributed by atoms with Crippen LogP contribution in [0.15, 0.2) is 18.2 Å². The molecule has 0 aromatic heterocycles. The number of halogens is 1. The van der Waals surface area contributed by atoms with Gasteiger partial charge in [0.05, 0.1) is 6.42 Å².